The van der Waals surface area contributed by atoms with Crippen LogP contribution in [0.5, 0.6) is 0 Å². The maximum Gasteiger partial charge on any atom is 0.134 e. The molecule has 0 bridgehead atoms. The molecule has 2 nitrogen and oxygen atoms in total. The Morgan fingerprint density at radius 3 is 2.73 bits per heavy atom. The van der Waals surface area contributed by atoms with E-state index in [-0.39, 0.29) is 0 Å². The van der Waals surface area contributed by atoms with E-state index in [0.717, 1.165) is 22.2 Å². The highest BCUT2D eigenvalue weighted by Crippen LogP contribution is 2.27. The second-order valence-electron chi connectivity index (χ2n) is 3.35. The third-order valence-electron chi connectivity index (χ3n) is 2.44. The summed E-state index contributed by atoms with van der Waals surface area (Å²) in [5.74, 6) is 0.883. The largest absolute Gasteiger partial charge is 0.464 e. The predicted octanol–water partition coefficient (Wildman–Crippen LogP) is 3.49. The second-order valence-corrected chi connectivity index (χ2v) is 3.35. The van der Waals surface area contributed by atoms with Crippen LogP contribution in [0.15, 0.2) is 59.3 Å². The number of fused-ring (bicyclic) bond motifs is 1. The number of nitrogens with zero attached hydrogens (tertiary/aromatic N) is 1. The Bertz CT molecular complexity index is 579. The third-order valence-corrected chi connectivity index (χ3v) is 2.44. The van der Waals surface area contributed by atoms with Gasteiger partial charge in [-0.25, -0.2) is 0 Å². The summed E-state index contributed by atoms with van der Waals surface area (Å²) in [7, 11) is 0. The van der Waals surface area contributed by atoms with Gasteiger partial charge in [0.15, 0.2) is 0 Å². The number of para-hydroxylation sites is 1. The summed E-state index contributed by atoms with van der Waals surface area (Å²) in [5, 5.41) is 1.12. The lowest BCUT2D eigenvalue weighted by molar-refractivity contribution is 0.583. The number of hydrogen-bond donors (Lipinski definition) is 0. The van der Waals surface area contributed by atoms with Crippen LogP contribution in [0.1, 0.15) is 0 Å². The van der Waals surface area contributed by atoms with Gasteiger partial charge in [-0.15, -0.1) is 0 Å². The van der Waals surface area contributed by atoms with E-state index in [1.807, 2.05) is 36.4 Å². The Kier molecular flexibility index (Phi) is 1.78. The van der Waals surface area contributed by atoms with Crippen molar-refractivity contribution < 1.29 is 4.42 Å². The fourth-order valence-electron chi connectivity index (χ4n) is 1.74. The summed E-state index contributed by atoms with van der Waals surface area (Å²) in [6, 6.07) is 13.9. The van der Waals surface area contributed by atoms with Crippen LogP contribution < -0.4 is 0 Å². The minimum absolute atomic E-state index is 0.883. The first-order valence-electron chi connectivity index (χ1n) is 4.83. The first-order chi connectivity index (χ1) is 7.45. The fraction of sp³-hybridized carbons (Fsp3) is 0. The monoisotopic (exact) mass is 195 g/mol. The van der Waals surface area contributed by atoms with Gasteiger partial charge in [0, 0.05) is 17.1 Å². The zero-order valence-corrected chi connectivity index (χ0v) is 8.05. The SMILES string of the molecule is c1coc(-c2ccnc3ccccc23)c1. The molecule has 1 aromatic carbocycles. The molecule has 0 aliphatic rings. The maximum atomic E-state index is 5.40. The predicted molar refractivity (Wildman–Crippen MR) is 59.4 cm³/mol. The van der Waals surface area contributed by atoms with E-state index >= 15 is 0 Å². The number of aromatic nitrogens is 1. The summed E-state index contributed by atoms with van der Waals surface area (Å²) >= 11 is 0. The molecule has 0 spiro atoms. The second kappa shape index (κ2) is 3.24. The van der Waals surface area contributed by atoms with E-state index in [0.29, 0.717) is 0 Å². The Balaban J connectivity index is 2.36. The molecule has 0 unspecified atom stereocenters. The molecule has 0 aliphatic heterocycles. The Hall–Kier alpha value is -2.09. The lowest BCUT2D eigenvalue weighted by atomic mass is 10.1. The smallest absolute Gasteiger partial charge is 0.134 e. The standard InChI is InChI=1S/C13H9NO/c1-2-5-12-10(4-1)11(7-8-14-12)13-6-3-9-15-13/h1-9H. The molecule has 3 rings (SSSR count). The average molecular weight is 195 g/mol. The van der Waals surface area contributed by atoms with Crippen molar-refractivity contribution in [2.24, 2.45) is 0 Å². The van der Waals surface area contributed by atoms with Gasteiger partial charge in [-0.05, 0) is 24.3 Å². The number of pyridine rings is 1. The Labute approximate surface area is 87.2 Å². The van der Waals surface area contributed by atoms with Gasteiger partial charge in [-0.3, -0.25) is 4.98 Å². The highest BCUT2D eigenvalue weighted by molar-refractivity contribution is 5.92. The van der Waals surface area contributed by atoms with Crippen LogP contribution in [-0.2, 0) is 0 Å². The molecular formula is C13H9NO. The summed E-state index contributed by atoms with van der Waals surface area (Å²) in [6.07, 6.45) is 3.49. The molecule has 0 atom stereocenters. The van der Waals surface area contributed by atoms with Crippen LogP contribution in [0, 0.1) is 0 Å². The average Bonchev–Trinajstić information content (AvgIpc) is 2.82. The fourth-order valence-corrected chi connectivity index (χ4v) is 1.74. The highest BCUT2D eigenvalue weighted by Gasteiger charge is 2.05. The van der Waals surface area contributed by atoms with E-state index in [9.17, 15) is 0 Å². The topological polar surface area (TPSA) is 26.0 Å². The van der Waals surface area contributed by atoms with Crippen molar-refractivity contribution in [3.8, 4) is 11.3 Å². The van der Waals surface area contributed by atoms with Crippen LogP contribution in [0.2, 0.25) is 0 Å². The summed E-state index contributed by atoms with van der Waals surface area (Å²) in [4.78, 5) is 4.31. The Morgan fingerprint density at radius 2 is 1.87 bits per heavy atom. The Morgan fingerprint density at radius 1 is 0.933 bits per heavy atom. The molecule has 0 fully saturated rings. The quantitative estimate of drug-likeness (QED) is 0.594. The van der Waals surface area contributed by atoms with Gasteiger partial charge in [0.05, 0.1) is 11.8 Å². The van der Waals surface area contributed by atoms with E-state index in [1.54, 1.807) is 12.5 Å². The van der Waals surface area contributed by atoms with Crippen molar-refractivity contribution in [3.63, 3.8) is 0 Å². The third kappa shape index (κ3) is 1.31. The van der Waals surface area contributed by atoms with Crippen molar-refractivity contribution in [3.05, 3.63) is 54.9 Å². The molecule has 0 aliphatic carbocycles. The molecule has 0 saturated heterocycles. The van der Waals surface area contributed by atoms with Crippen LogP contribution in [0.3, 0.4) is 0 Å². The van der Waals surface area contributed by atoms with Gasteiger partial charge in [-0.1, -0.05) is 18.2 Å². The summed E-state index contributed by atoms with van der Waals surface area (Å²) in [5.41, 5.74) is 2.08. The number of hydrogen-bond acceptors (Lipinski definition) is 2. The van der Waals surface area contributed by atoms with Gasteiger partial charge in [0.1, 0.15) is 5.76 Å². The molecule has 2 heteroatoms. The lowest BCUT2D eigenvalue weighted by Crippen LogP contribution is -1.81. The van der Waals surface area contributed by atoms with Gasteiger partial charge in [0.25, 0.3) is 0 Å². The minimum atomic E-state index is 0.883. The zero-order valence-electron chi connectivity index (χ0n) is 8.05. The number of rotatable bonds is 1. The summed E-state index contributed by atoms with van der Waals surface area (Å²) in [6.45, 7) is 0. The lowest BCUT2D eigenvalue weighted by Gasteiger charge is -2.01. The molecule has 15 heavy (non-hydrogen) atoms. The maximum absolute atomic E-state index is 5.40. The van der Waals surface area contributed by atoms with Gasteiger partial charge >= 0.3 is 0 Å². The molecular weight excluding hydrogens is 186 g/mol. The van der Waals surface area contributed by atoms with E-state index < -0.39 is 0 Å². The van der Waals surface area contributed by atoms with Crippen molar-refractivity contribution in [2.45, 2.75) is 0 Å². The molecule has 0 radical (unpaired) electrons. The van der Waals surface area contributed by atoms with Crippen LogP contribution >= 0.6 is 0 Å². The van der Waals surface area contributed by atoms with Gasteiger partial charge in [0.2, 0.25) is 0 Å². The molecule has 2 heterocycles. The molecule has 3 aromatic rings. The summed E-state index contributed by atoms with van der Waals surface area (Å²) < 4.78 is 5.40. The molecule has 2 aromatic heterocycles. The van der Waals surface area contributed by atoms with Gasteiger partial charge < -0.3 is 4.42 Å². The molecule has 72 valence electrons. The van der Waals surface area contributed by atoms with Crippen LogP contribution in [0.25, 0.3) is 22.2 Å². The van der Waals surface area contributed by atoms with Gasteiger partial charge in [-0.2, -0.15) is 0 Å². The van der Waals surface area contributed by atoms with Crippen LogP contribution in [-0.4, -0.2) is 4.98 Å². The molecule has 0 amide bonds. The van der Waals surface area contributed by atoms with Crippen molar-refractivity contribution in [1.29, 1.82) is 0 Å². The number of furan rings is 1. The van der Waals surface area contributed by atoms with Crippen molar-refractivity contribution in [2.75, 3.05) is 0 Å². The normalized spacial score (nSPS) is 10.7. The van der Waals surface area contributed by atoms with E-state index in [2.05, 4.69) is 11.1 Å². The minimum Gasteiger partial charge on any atom is -0.464 e. The highest BCUT2D eigenvalue weighted by atomic mass is 16.3. The van der Waals surface area contributed by atoms with E-state index in [4.69, 9.17) is 4.42 Å². The first-order valence-corrected chi connectivity index (χ1v) is 4.83. The van der Waals surface area contributed by atoms with Crippen LogP contribution in [0.4, 0.5) is 0 Å². The molecule has 0 N–H and O–H groups in total. The van der Waals surface area contributed by atoms with E-state index in [1.165, 1.54) is 0 Å². The first kappa shape index (κ1) is 8.24. The molecule has 0 saturated carbocycles. The van der Waals surface area contributed by atoms with Crippen molar-refractivity contribution >= 4 is 10.9 Å². The zero-order chi connectivity index (χ0) is 10.1. The van der Waals surface area contributed by atoms with Crippen molar-refractivity contribution in [1.82, 2.24) is 4.98 Å². The number of benzene rings is 1.